The van der Waals surface area contributed by atoms with Crippen LogP contribution in [0.5, 0.6) is 0 Å². The van der Waals surface area contributed by atoms with E-state index in [0.29, 0.717) is 40.2 Å². The van der Waals surface area contributed by atoms with Crippen LogP contribution in [0.3, 0.4) is 0 Å². The second-order valence-corrected chi connectivity index (χ2v) is 32.8. The lowest BCUT2D eigenvalue weighted by molar-refractivity contribution is 1.25. The van der Waals surface area contributed by atoms with Crippen LogP contribution in [-0.4, -0.2) is 59.8 Å². The molecule has 8 aromatic heterocycles. The number of hydrogen-bond acceptors (Lipinski definition) is 4. The number of aryl methyl sites for hydroxylation is 2. The molecule has 12 nitrogen and oxygen atoms in total. The van der Waals surface area contributed by atoms with Crippen molar-refractivity contribution in [3.05, 3.63) is 352 Å². The van der Waals surface area contributed by atoms with Gasteiger partial charge in [0.2, 0.25) is 0 Å². The van der Waals surface area contributed by atoms with Gasteiger partial charge in [-0.05, 0) is 159 Å². The molecule has 8 heterocycles. The summed E-state index contributed by atoms with van der Waals surface area (Å²) in [4.78, 5) is 47.6. The predicted molar refractivity (Wildman–Crippen MR) is 492 cm³/mol. The Bertz CT molecular complexity index is 6760. The molecule has 20 aromatic rings. The lowest BCUT2D eigenvalue weighted by Crippen LogP contribution is -1.84. The van der Waals surface area contributed by atoms with Gasteiger partial charge in [0.05, 0.1) is 45.6 Å². The van der Waals surface area contributed by atoms with E-state index in [1.165, 1.54) is 0 Å². The number of fused-ring (bicyclic) bond motifs is 4. The number of aromatic nitrogens is 12. The van der Waals surface area contributed by atoms with Crippen LogP contribution in [-0.2, 0) is 0 Å². The normalized spacial score (nSPS) is 11.3. The number of nitrogens with zero attached hydrogens (tertiary/aromatic N) is 4. The number of benzene rings is 12. The van der Waals surface area contributed by atoms with E-state index in [0.717, 1.165) is 200 Å². The quantitative estimate of drug-likeness (QED) is 0.0607. The molecule has 0 radical (unpaired) electrons. The monoisotopic (exact) mass is 1800 g/mol. The molecule has 0 saturated heterocycles. The lowest BCUT2D eigenvalue weighted by atomic mass is 10.1. The number of rotatable bonds is 12. The maximum Gasteiger partial charge on any atom is 0.140 e. The lowest BCUT2D eigenvalue weighted by Gasteiger charge is -2.04. The van der Waals surface area contributed by atoms with Crippen molar-refractivity contribution in [2.75, 3.05) is 0 Å². The summed E-state index contributed by atoms with van der Waals surface area (Å²) in [6, 6.07) is 90.7. The van der Waals surface area contributed by atoms with Gasteiger partial charge in [0.1, 0.15) is 23.3 Å². The Hall–Kier alpha value is -11.1. The van der Waals surface area contributed by atoms with Gasteiger partial charge >= 0.3 is 0 Å². The van der Waals surface area contributed by atoms with Gasteiger partial charge in [0.15, 0.2) is 0 Å². The van der Waals surface area contributed by atoms with Gasteiger partial charge in [-0.25, -0.2) is 19.9 Å². The molecule has 0 amide bonds. The number of hydrogen-bond donors (Lipinski definition) is 8. The van der Waals surface area contributed by atoms with Crippen LogP contribution >= 0.6 is 125 Å². The van der Waals surface area contributed by atoms with Gasteiger partial charge in [-0.1, -0.05) is 258 Å². The van der Waals surface area contributed by atoms with Crippen LogP contribution in [0.15, 0.2) is 300 Å². The minimum absolute atomic E-state index is 0.667. The summed E-state index contributed by atoms with van der Waals surface area (Å²) in [5, 5.41) is 9.94. The standard InChI is InChI=1S/2C24H17Cl2N3.2C23H14BrCl2N3/c1-14-21(19-10-2-3-11-20(19)27-14)24-28-22(15-6-4-8-17(25)12-15)23(29-24)16-7-5-9-18(26)13-16;1-14-21(19-4-2-3-5-20(19)27-14)24-28-22(15-6-10-17(25)11-7-15)23(29-24)16-8-12-18(26)13-9-16;24-15-5-10-20-18(11-15)19(12-27-20)23-28-21(13-1-6-16(25)7-2-13)22(29-23)14-3-8-17(26)9-4-14;24-15-7-8-20-18(11-15)19(12-27-20)23-28-21(13-3-1-5-16(25)9-13)22(29-23)14-4-2-6-17(26)10-14/h2*2-13,27H,1H3,(H,28,29);2*1-12,27H,(H,28,29). The highest BCUT2D eigenvalue weighted by atomic mass is 79.9. The SMILES string of the molecule is Cc1[nH]c2ccccc2c1-c1nc(-c2ccc(Cl)cc2)c(-c2ccc(Cl)cc2)[nH]1.Cc1[nH]c2ccccc2c1-c1nc(-c2cccc(Cl)c2)c(-c2cccc(Cl)c2)[nH]1.Clc1ccc(-c2nc(-c3c[nH]c4ccc(Br)cc34)[nH]c2-c2ccc(Cl)cc2)cc1.Clc1cccc(-c2nc(-c3c[nH]c4ccc(Br)cc34)[nH]c2-c2cccc(Cl)c2)c1. The van der Waals surface area contributed by atoms with Crippen LogP contribution in [0.25, 0.3) is 179 Å². The Kier molecular flexibility index (Phi) is 22.5. The smallest absolute Gasteiger partial charge is 0.140 e. The van der Waals surface area contributed by atoms with Crippen molar-refractivity contribution in [1.82, 2.24) is 59.8 Å². The molecule has 0 aliphatic carbocycles. The molecule has 0 aliphatic rings. The number of nitrogens with one attached hydrogen (secondary N) is 8. The number of halogens is 10. The zero-order chi connectivity index (χ0) is 79.8. The highest BCUT2D eigenvalue weighted by molar-refractivity contribution is 9.10. The van der Waals surface area contributed by atoms with E-state index >= 15 is 0 Å². The topological polar surface area (TPSA) is 178 Å². The molecule has 0 aliphatic heterocycles. The molecule has 20 rings (SSSR count). The van der Waals surface area contributed by atoms with Gasteiger partial charge in [0.25, 0.3) is 0 Å². The summed E-state index contributed by atoms with van der Waals surface area (Å²) in [6.07, 6.45) is 3.95. The Morgan fingerprint density at radius 1 is 0.241 bits per heavy atom. The number of para-hydroxylation sites is 2. The molecule has 0 saturated carbocycles. The predicted octanol–water partition coefficient (Wildman–Crippen LogP) is 30.9. The van der Waals surface area contributed by atoms with E-state index in [1.54, 1.807) is 0 Å². The van der Waals surface area contributed by atoms with E-state index in [2.05, 4.69) is 122 Å². The summed E-state index contributed by atoms with van der Waals surface area (Å²) in [6.45, 7) is 4.14. The first-order chi connectivity index (χ1) is 56.4. The first kappa shape index (κ1) is 77.5. The molecule has 0 fully saturated rings. The highest BCUT2D eigenvalue weighted by Crippen LogP contribution is 2.44. The van der Waals surface area contributed by atoms with E-state index in [4.69, 9.17) is 113 Å². The third-order valence-electron chi connectivity index (χ3n) is 19.8. The zero-order valence-corrected chi connectivity index (χ0v) is 70.5. The summed E-state index contributed by atoms with van der Waals surface area (Å²) < 4.78 is 2.04. The molecule has 568 valence electrons. The molecule has 116 heavy (non-hydrogen) atoms. The first-order valence-electron chi connectivity index (χ1n) is 36.5. The Labute approximate surface area is 722 Å². The zero-order valence-electron chi connectivity index (χ0n) is 61.3. The third-order valence-corrected chi connectivity index (χ3v) is 22.7. The molecule has 0 spiro atoms. The molecular formula is C94H62Br2Cl8N12. The average molecular weight is 1800 g/mol. The molecule has 12 aromatic carbocycles. The highest BCUT2D eigenvalue weighted by Gasteiger charge is 2.25. The van der Waals surface area contributed by atoms with Gasteiger partial charge in [-0.15, -0.1) is 0 Å². The summed E-state index contributed by atoms with van der Waals surface area (Å²) in [7, 11) is 0. The maximum absolute atomic E-state index is 6.27. The molecule has 0 bridgehead atoms. The van der Waals surface area contributed by atoms with Crippen molar-refractivity contribution in [2.45, 2.75) is 13.8 Å². The maximum atomic E-state index is 6.27. The van der Waals surface area contributed by atoms with E-state index in [1.807, 2.05) is 255 Å². The molecule has 0 unspecified atom stereocenters. The Balaban J connectivity index is 0.000000111. The van der Waals surface area contributed by atoms with Crippen LogP contribution in [0, 0.1) is 13.8 Å². The second kappa shape index (κ2) is 33.6. The van der Waals surface area contributed by atoms with Gasteiger partial charge < -0.3 is 39.9 Å². The van der Waals surface area contributed by atoms with Crippen molar-refractivity contribution in [1.29, 1.82) is 0 Å². The Morgan fingerprint density at radius 2 is 0.543 bits per heavy atom. The molecule has 0 atom stereocenters. The number of H-pyrrole nitrogens is 8. The van der Waals surface area contributed by atoms with Crippen LogP contribution in [0.4, 0.5) is 0 Å². The third kappa shape index (κ3) is 16.5. The van der Waals surface area contributed by atoms with Gasteiger partial charge in [-0.3, -0.25) is 0 Å². The second-order valence-electron chi connectivity index (χ2n) is 27.4. The minimum atomic E-state index is 0.667. The van der Waals surface area contributed by atoms with E-state index in [9.17, 15) is 0 Å². The average Bonchev–Trinajstić information content (AvgIpc) is 1.62. The Morgan fingerprint density at radius 3 is 0.905 bits per heavy atom. The van der Waals surface area contributed by atoms with Crippen molar-refractivity contribution in [3.8, 4) is 136 Å². The van der Waals surface area contributed by atoms with Crippen LogP contribution in [0.2, 0.25) is 40.2 Å². The van der Waals surface area contributed by atoms with Gasteiger partial charge in [0, 0.05) is 183 Å². The van der Waals surface area contributed by atoms with Crippen molar-refractivity contribution < 1.29 is 0 Å². The van der Waals surface area contributed by atoms with Crippen molar-refractivity contribution in [3.63, 3.8) is 0 Å². The molecule has 22 heteroatoms. The summed E-state index contributed by atoms with van der Waals surface area (Å²) in [5.41, 5.74) is 25.5. The van der Waals surface area contributed by atoms with E-state index < -0.39 is 0 Å². The largest absolute Gasteiger partial charge is 0.360 e. The van der Waals surface area contributed by atoms with Crippen molar-refractivity contribution >= 4 is 168 Å². The molecule has 8 N–H and O–H groups in total. The summed E-state index contributed by atoms with van der Waals surface area (Å²) >= 11 is 56.5. The van der Waals surface area contributed by atoms with Crippen molar-refractivity contribution in [2.24, 2.45) is 0 Å². The fourth-order valence-corrected chi connectivity index (χ4v) is 16.4. The van der Waals surface area contributed by atoms with Crippen LogP contribution in [0.1, 0.15) is 11.4 Å². The first-order valence-corrected chi connectivity index (χ1v) is 41.1. The minimum Gasteiger partial charge on any atom is -0.360 e. The fraction of sp³-hybridized carbons (Fsp3) is 0.0213. The summed E-state index contributed by atoms with van der Waals surface area (Å²) in [5.74, 6) is 3.21. The van der Waals surface area contributed by atoms with Gasteiger partial charge in [-0.2, -0.15) is 0 Å². The fourth-order valence-electron chi connectivity index (χ4n) is 14.4. The number of imidazole rings is 4. The van der Waals surface area contributed by atoms with Crippen LogP contribution < -0.4 is 0 Å². The van der Waals surface area contributed by atoms with E-state index in [-0.39, 0.29) is 0 Å². The molecular weight excluding hydrogens is 1740 g/mol. The number of aromatic amines is 8.